The van der Waals surface area contributed by atoms with Crippen LogP contribution in [0.3, 0.4) is 0 Å². The summed E-state index contributed by atoms with van der Waals surface area (Å²) in [4.78, 5) is 16.7. The van der Waals surface area contributed by atoms with Crippen molar-refractivity contribution in [3.8, 4) is 0 Å². The molecule has 0 aromatic heterocycles. The molecule has 0 bridgehead atoms. The number of rotatable bonds is 4. The highest BCUT2D eigenvalue weighted by atomic mass is 35.5. The molecule has 1 aromatic rings. The summed E-state index contributed by atoms with van der Waals surface area (Å²) >= 11 is 5.84. The first kappa shape index (κ1) is 16.1. The van der Waals surface area contributed by atoms with Crippen molar-refractivity contribution in [3.63, 3.8) is 0 Å². The van der Waals surface area contributed by atoms with E-state index in [-0.39, 0.29) is 5.91 Å². The Morgan fingerprint density at radius 3 is 2.57 bits per heavy atom. The zero-order valence-electron chi connectivity index (χ0n) is 12.6. The third-order valence-corrected chi connectivity index (χ3v) is 4.03. The van der Waals surface area contributed by atoms with Crippen LogP contribution in [0.25, 0.3) is 0 Å². The molecule has 0 saturated carbocycles. The molecular weight excluding hydrogens is 288 g/mol. The normalized spacial score (nSPS) is 17.1. The monoisotopic (exact) mass is 310 g/mol. The molecule has 0 radical (unpaired) electrons. The van der Waals surface area contributed by atoms with Crippen molar-refractivity contribution in [3.05, 3.63) is 23.2 Å². The lowest BCUT2D eigenvalue weighted by Gasteiger charge is -2.36. The zero-order chi connectivity index (χ0) is 15.4. The van der Waals surface area contributed by atoms with Crippen molar-refractivity contribution in [1.29, 1.82) is 0 Å². The Labute approximate surface area is 131 Å². The summed E-state index contributed by atoms with van der Waals surface area (Å²) in [5.74, 6) is -0.0398. The molecule has 0 atom stereocenters. The van der Waals surface area contributed by atoms with Crippen LogP contribution in [0.15, 0.2) is 18.2 Å². The molecule has 3 N–H and O–H groups in total. The molecular formula is C15H23ClN4O. The van der Waals surface area contributed by atoms with E-state index in [1.807, 2.05) is 0 Å². The van der Waals surface area contributed by atoms with Crippen molar-refractivity contribution >= 4 is 28.9 Å². The number of carbonyl (C=O) groups is 1. The molecule has 21 heavy (non-hydrogen) atoms. The fraction of sp³-hybridized carbons (Fsp3) is 0.533. The molecule has 1 aliphatic heterocycles. The van der Waals surface area contributed by atoms with Gasteiger partial charge in [-0.1, -0.05) is 11.6 Å². The van der Waals surface area contributed by atoms with E-state index in [2.05, 4.69) is 29.0 Å². The minimum absolute atomic E-state index is 0.0398. The van der Waals surface area contributed by atoms with Gasteiger partial charge in [-0.3, -0.25) is 14.6 Å². The maximum Gasteiger partial charge on any atom is 0.238 e. The van der Waals surface area contributed by atoms with Gasteiger partial charge in [0.2, 0.25) is 5.91 Å². The highest BCUT2D eigenvalue weighted by molar-refractivity contribution is 6.31. The van der Waals surface area contributed by atoms with Gasteiger partial charge in [-0.15, -0.1) is 0 Å². The van der Waals surface area contributed by atoms with E-state index in [1.54, 1.807) is 18.2 Å². The van der Waals surface area contributed by atoms with E-state index in [1.165, 1.54) is 0 Å². The number of nitrogens with one attached hydrogen (secondary N) is 1. The summed E-state index contributed by atoms with van der Waals surface area (Å²) in [6.07, 6.45) is 0. The molecule has 2 rings (SSSR count). The second kappa shape index (κ2) is 7.11. The molecule has 0 unspecified atom stereocenters. The molecule has 6 heteroatoms. The number of benzene rings is 1. The number of carbonyl (C=O) groups excluding carboxylic acids is 1. The number of halogens is 1. The van der Waals surface area contributed by atoms with Gasteiger partial charge < -0.3 is 11.1 Å². The quantitative estimate of drug-likeness (QED) is 0.834. The van der Waals surface area contributed by atoms with Gasteiger partial charge in [-0.05, 0) is 32.0 Å². The van der Waals surface area contributed by atoms with Gasteiger partial charge in [0.05, 0.1) is 17.9 Å². The molecule has 0 aliphatic carbocycles. The standard InChI is InChI=1S/C15H23ClN4O/c1-11(2)20-7-5-19(6-8-20)10-15(21)18-14-4-3-12(16)9-13(14)17/h3-4,9,11H,5-8,10,17H2,1-2H3,(H,18,21). The van der Waals surface area contributed by atoms with Gasteiger partial charge in [0.15, 0.2) is 0 Å². The lowest BCUT2D eigenvalue weighted by Crippen LogP contribution is -2.50. The molecule has 116 valence electrons. The number of nitrogen functional groups attached to an aromatic ring is 1. The highest BCUT2D eigenvalue weighted by Gasteiger charge is 2.20. The van der Waals surface area contributed by atoms with Crippen LogP contribution < -0.4 is 11.1 Å². The third kappa shape index (κ3) is 4.59. The van der Waals surface area contributed by atoms with Crippen molar-refractivity contribution in [1.82, 2.24) is 9.80 Å². The van der Waals surface area contributed by atoms with E-state index in [4.69, 9.17) is 17.3 Å². The van der Waals surface area contributed by atoms with Crippen LogP contribution in [-0.2, 0) is 4.79 Å². The summed E-state index contributed by atoms with van der Waals surface area (Å²) in [7, 11) is 0. The molecule has 1 saturated heterocycles. The largest absolute Gasteiger partial charge is 0.397 e. The van der Waals surface area contributed by atoms with Crippen LogP contribution in [-0.4, -0.2) is 54.5 Å². The van der Waals surface area contributed by atoms with E-state index < -0.39 is 0 Å². The molecule has 1 aliphatic rings. The van der Waals surface area contributed by atoms with Crippen LogP contribution in [0.5, 0.6) is 0 Å². The van der Waals surface area contributed by atoms with E-state index >= 15 is 0 Å². The van der Waals surface area contributed by atoms with Gasteiger partial charge >= 0.3 is 0 Å². The molecule has 1 heterocycles. The summed E-state index contributed by atoms with van der Waals surface area (Å²) in [6, 6.07) is 5.65. The van der Waals surface area contributed by atoms with Crippen LogP contribution in [0, 0.1) is 0 Å². The van der Waals surface area contributed by atoms with Gasteiger partial charge in [-0.25, -0.2) is 0 Å². The minimum atomic E-state index is -0.0398. The predicted molar refractivity (Wildman–Crippen MR) is 87.6 cm³/mol. The van der Waals surface area contributed by atoms with Gasteiger partial charge in [0.25, 0.3) is 0 Å². The predicted octanol–water partition coefficient (Wildman–Crippen LogP) is 1.89. The van der Waals surface area contributed by atoms with Crippen LogP contribution in [0.2, 0.25) is 5.02 Å². The lowest BCUT2D eigenvalue weighted by molar-refractivity contribution is -0.117. The van der Waals surface area contributed by atoms with Gasteiger partial charge in [0, 0.05) is 37.2 Å². The fourth-order valence-electron chi connectivity index (χ4n) is 2.48. The van der Waals surface area contributed by atoms with Gasteiger partial charge in [-0.2, -0.15) is 0 Å². The van der Waals surface area contributed by atoms with Gasteiger partial charge in [0.1, 0.15) is 0 Å². The van der Waals surface area contributed by atoms with E-state index in [9.17, 15) is 4.79 Å². The summed E-state index contributed by atoms with van der Waals surface area (Å²) in [5.41, 5.74) is 6.94. The molecule has 5 nitrogen and oxygen atoms in total. The summed E-state index contributed by atoms with van der Waals surface area (Å²) in [5, 5.41) is 3.41. The molecule has 1 fully saturated rings. The molecule has 0 spiro atoms. The Morgan fingerprint density at radius 1 is 1.33 bits per heavy atom. The maximum atomic E-state index is 12.1. The van der Waals surface area contributed by atoms with Crippen molar-refractivity contribution in [2.24, 2.45) is 0 Å². The second-order valence-electron chi connectivity index (χ2n) is 5.69. The number of anilines is 2. The lowest BCUT2D eigenvalue weighted by atomic mass is 10.2. The number of hydrogen-bond donors (Lipinski definition) is 2. The summed E-state index contributed by atoms with van der Waals surface area (Å²) in [6.45, 7) is 8.65. The average molecular weight is 311 g/mol. The maximum absolute atomic E-state index is 12.1. The zero-order valence-corrected chi connectivity index (χ0v) is 13.4. The highest BCUT2D eigenvalue weighted by Crippen LogP contribution is 2.22. The Kier molecular flexibility index (Phi) is 5.45. The number of nitrogens with two attached hydrogens (primary N) is 1. The SMILES string of the molecule is CC(C)N1CCN(CC(=O)Nc2ccc(Cl)cc2N)CC1. The second-order valence-corrected chi connectivity index (χ2v) is 6.12. The number of hydrogen-bond acceptors (Lipinski definition) is 4. The number of piperazine rings is 1. The van der Waals surface area contributed by atoms with Crippen LogP contribution in [0.1, 0.15) is 13.8 Å². The fourth-order valence-corrected chi connectivity index (χ4v) is 2.66. The molecule has 1 aromatic carbocycles. The summed E-state index contributed by atoms with van der Waals surface area (Å²) < 4.78 is 0. The minimum Gasteiger partial charge on any atom is -0.397 e. The van der Waals surface area contributed by atoms with Crippen molar-refractivity contribution in [2.45, 2.75) is 19.9 Å². The van der Waals surface area contributed by atoms with Crippen LogP contribution in [0.4, 0.5) is 11.4 Å². The van der Waals surface area contributed by atoms with Crippen LogP contribution >= 0.6 is 11.6 Å². The van der Waals surface area contributed by atoms with Crippen molar-refractivity contribution < 1.29 is 4.79 Å². The smallest absolute Gasteiger partial charge is 0.238 e. The number of nitrogens with zero attached hydrogens (tertiary/aromatic N) is 2. The van der Waals surface area contributed by atoms with Crippen molar-refractivity contribution in [2.75, 3.05) is 43.8 Å². The molecule has 1 amide bonds. The Bertz CT molecular complexity index is 498. The first-order valence-corrected chi connectivity index (χ1v) is 7.65. The number of amides is 1. The Balaban J connectivity index is 1.83. The average Bonchev–Trinajstić information content (AvgIpc) is 2.42. The Hall–Kier alpha value is -1.30. The van der Waals surface area contributed by atoms with E-state index in [0.717, 1.165) is 26.2 Å². The first-order chi connectivity index (χ1) is 9.95. The third-order valence-electron chi connectivity index (χ3n) is 3.79. The first-order valence-electron chi connectivity index (χ1n) is 7.27. The topological polar surface area (TPSA) is 61.6 Å². The van der Waals surface area contributed by atoms with E-state index in [0.29, 0.717) is 29.0 Å². The Morgan fingerprint density at radius 2 is 2.00 bits per heavy atom.